The van der Waals surface area contributed by atoms with Gasteiger partial charge in [0.15, 0.2) is 0 Å². The van der Waals surface area contributed by atoms with Crippen molar-refractivity contribution >= 4 is 10.2 Å². The minimum atomic E-state index is -3.48. The molecule has 0 spiro atoms. The molecule has 1 aromatic rings. The van der Waals surface area contributed by atoms with Gasteiger partial charge in [0.2, 0.25) is 0 Å². The molecule has 0 amide bonds. The molecule has 0 fully saturated rings. The summed E-state index contributed by atoms with van der Waals surface area (Å²) in [5.74, 6) is 0. The van der Waals surface area contributed by atoms with E-state index in [0.717, 1.165) is 11.1 Å². The molecule has 0 saturated heterocycles. The maximum Gasteiger partial charge on any atom is 0.277 e. The summed E-state index contributed by atoms with van der Waals surface area (Å²) in [7, 11) is -1.97. The zero-order chi connectivity index (χ0) is 13.4. The minimum Gasteiger partial charge on any atom is -0.383 e. The summed E-state index contributed by atoms with van der Waals surface area (Å²) in [6, 6.07) is 7.47. The Bertz CT molecular complexity index is 462. The van der Waals surface area contributed by atoms with E-state index in [4.69, 9.17) is 10.5 Å². The Balaban J connectivity index is 2.48. The van der Waals surface area contributed by atoms with Crippen molar-refractivity contribution < 1.29 is 13.2 Å². The van der Waals surface area contributed by atoms with E-state index in [2.05, 4.69) is 9.44 Å². The van der Waals surface area contributed by atoms with Crippen LogP contribution < -0.4 is 15.2 Å². The molecule has 0 radical (unpaired) electrons. The molecular weight excluding hydrogens is 254 g/mol. The fourth-order valence-corrected chi connectivity index (χ4v) is 2.18. The van der Waals surface area contributed by atoms with Gasteiger partial charge in [0, 0.05) is 26.7 Å². The number of hydrogen-bond donors (Lipinski definition) is 3. The number of rotatable bonds is 8. The Hall–Kier alpha value is -0.990. The molecule has 0 bridgehead atoms. The SMILES string of the molecule is COCCNS(=O)(=O)NCc1cccc(CN)c1. The molecule has 0 aliphatic heterocycles. The monoisotopic (exact) mass is 273 g/mol. The van der Waals surface area contributed by atoms with Gasteiger partial charge in [-0.25, -0.2) is 0 Å². The number of nitrogens with one attached hydrogen (secondary N) is 2. The largest absolute Gasteiger partial charge is 0.383 e. The molecule has 0 unspecified atom stereocenters. The quantitative estimate of drug-likeness (QED) is 0.568. The average molecular weight is 273 g/mol. The Morgan fingerprint density at radius 3 is 2.67 bits per heavy atom. The van der Waals surface area contributed by atoms with Crippen LogP contribution >= 0.6 is 0 Å². The lowest BCUT2D eigenvalue weighted by molar-refractivity contribution is 0.204. The van der Waals surface area contributed by atoms with Crippen LogP contribution in [0.1, 0.15) is 11.1 Å². The predicted molar refractivity (Wildman–Crippen MR) is 70.0 cm³/mol. The van der Waals surface area contributed by atoms with Gasteiger partial charge in [-0.2, -0.15) is 17.9 Å². The third kappa shape index (κ3) is 5.56. The Kier molecular flexibility index (Phi) is 6.23. The first-order chi connectivity index (χ1) is 8.57. The van der Waals surface area contributed by atoms with E-state index in [9.17, 15) is 8.42 Å². The zero-order valence-corrected chi connectivity index (χ0v) is 11.2. The van der Waals surface area contributed by atoms with Crippen LogP contribution in [0.2, 0.25) is 0 Å². The van der Waals surface area contributed by atoms with E-state index < -0.39 is 10.2 Å². The molecule has 0 heterocycles. The highest BCUT2D eigenvalue weighted by atomic mass is 32.2. The van der Waals surface area contributed by atoms with Gasteiger partial charge in [0.05, 0.1) is 6.61 Å². The average Bonchev–Trinajstić information content (AvgIpc) is 2.37. The fourth-order valence-electron chi connectivity index (χ4n) is 1.37. The fraction of sp³-hybridized carbons (Fsp3) is 0.455. The molecule has 0 aliphatic carbocycles. The van der Waals surface area contributed by atoms with Gasteiger partial charge in [-0.3, -0.25) is 0 Å². The highest BCUT2D eigenvalue weighted by Gasteiger charge is 2.08. The summed E-state index contributed by atoms with van der Waals surface area (Å²) in [6.07, 6.45) is 0. The molecule has 0 atom stereocenters. The van der Waals surface area contributed by atoms with Crippen LogP contribution in [0.5, 0.6) is 0 Å². The van der Waals surface area contributed by atoms with Crippen molar-refractivity contribution in [1.29, 1.82) is 0 Å². The van der Waals surface area contributed by atoms with Crippen LogP contribution in [0.25, 0.3) is 0 Å². The minimum absolute atomic E-state index is 0.232. The van der Waals surface area contributed by atoms with Crippen LogP contribution in [0.15, 0.2) is 24.3 Å². The van der Waals surface area contributed by atoms with Crippen LogP contribution in [0.4, 0.5) is 0 Å². The lowest BCUT2D eigenvalue weighted by Gasteiger charge is -2.08. The standard InChI is InChI=1S/C11H19N3O3S/c1-17-6-5-13-18(15,16)14-9-11-4-2-3-10(7-11)8-12/h2-4,7,13-14H,5-6,8-9,12H2,1H3. The Labute approximate surface area is 108 Å². The van der Waals surface area contributed by atoms with Gasteiger partial charge in [-0.05, 0) is 11.1 Å². The summed E-state index contributed by atoms with van der Waals surface area (Å²) < 4.78 is 32.6. The highest BCUT2D eigenvalue weighted by molar-refractivity contribution is 7.87. The molecule has 4 N–H and O–H groups in total. The number of nitrogens with two attached hydrogens (primary N) is 1. The first-order valence-corrected chi connectivity index (χ1v) is 7.07. The summed E-state index contributed by atoms with van der Waals surface area (Å²) in [4.78, 5) is 0. The first-order valence-electron chi connectivity index (χ1n) is 5.58. The molecule has 6 nitrogen and oxygen atoms in total. The third-order valence-electron chi connectivity index (χ3n) is 2.29. The second-order valence-corrected chi connectivity index (χ2v) is 5.32. The highest BCUT2D eigenvalue weighted by Crippen LogP contribution is 2.04. The van der Waals surface area contributed by atoms with E-state index >= 15 is 0 Å². The van der Waals surface area contributed by atoms with Crippen LogP contribution in [-0.4, -0.2) is 28.7 Å². The van der Waals surface area contributed by atoms with Gasteiger partial charge in [-0.1, -0.05) is 24.3 Å². The molecule has 7 heteroatoms. The molecular formula is C11H19N3O3S. The Morgan fingerprint density at radius 2 is 2.00 bits per heavy atom. The summed E-state index contributed by atoms with van der Waals surface area (Å²) >= 11 is 0. The number of methoxy groups -OCH3 is 1. The van der Waals surface area contributed by atoms with Gasteiger partial charge >= 0.3 is 0 Å². The smallest absolute Gasteiger partial charge is 0.277 e. The topological polar surface area (TPSA) is 93.4 Å². The second kappa shape index (κ2) is 7.45. The van der Waals surface area contributed by atoms with Crippen molar-refractivity contribution in [3.05, 3.63) is 35.4 Å². The van der Waals surface area contributed by atoms with Crippen molar-refractivity contribution in [3.63, 3.8) is 0 Å². The van der Waals surface area contributed by atoms with Crippen LogP contribution in [0, 0.1) is 0 Å². The maximum absolute atomic E-state index is 11.5. The summed E-state index contributed by atoms with van der Waals surface area (Å²) in [6.45, 7) is 1.25. The third-order valence-corrected chi connectivity index (χ3v) is 3.40. The molecule has 0 aromatic heterocycles. The van der Waals surface area contributed by atoms with E-state index in [-0.39, 0.29) is 13.1 Å². The molecule has 0 aliphatic rings. The van der Waals surface area contributed by atoms with Gasteiger partial charge in [-0.15, -0.1) is 0 Å². The second-order valence-electron chi connectivity index (χ2n) is 3.74. The molecule has 1 rings (SSSR count). The Morgan fingerprint density at radius 1 is 1.28 bits per heavy atom. The molecule has 0 saturated carbocycles. The summed E-state index contributed by atoms with van der Waals surface area (Å²) in [5.41, 5.74) is 7.36. The van der Waals surface area contributed by atoms with Crippen molar-refractivity contribution in [2.75, 3.05) is 20.3 Å². The predicted octanol–water partition coefficient (Wildman–Crippen LogP) is -0.284. The lowest BCUT2D eigenvalue weighted by atomic mass is 10.1. The van der Waals surface area contributed by atoms with Crippen molar-refractivity contribution in [2.45, 2.75) is 13.1 Å². The van der Waals surface area contributed by atoms with Crippen molar-refractivity contribution in [2.24, 2.45) is 5.73 Å². The van der Waals surface area contributed by atoms with E-state index in [1.54, 1.807) is 0 Å². The van der Waals surface area contributed by atoms with Gasteiger partial charge < -0.3 is 10.5 Å². The van der Waals surface area contributed by atoms with Gasteiger partial charge in [0.25, 0.3) is 10.2 Å². The van der Waals surface area contributed by atoms with Gasteiger partial charge in [0.1, 0.15) is 0 Å². The van der Waals surface area contributed by atoms with Crippen LogP contribution in [-0.2, 0) is 28.0 Å². The first kappa shape index (κ1) is 15.1. The number of hydrogen-bond acceptors (Lipinski definition) is 4. The number of benzene rings is 1. The van der Waals surface area contributed by atoms with Crippen molar-refractivity contribution in [1.82, 2.24) is 9.44 Å². The number of ether oxygens (including phenoxy) is 1. The van der Waals surface area contributed by atoms with E-state index in [1.165, 1.54) is 7.11 Å². The normalized spacial score (nSPS) is 11.7. The van der Waals surface area contributed by atoms with Crippen LogP contribution in [0.3, 0.4) is 0 Å². The maximum atomic E-state index is 11.5. The van der Waals surface area contributed by atoms with E-state index in [0.29, 0.717) is 13.2 Å². The molecule has 18 heavy (non-hydrogen) atoms. The lowest BCUT2D eigenvalue weighted by Crippen LogP contribution is -2.37. The zero-order valence-electron chi connectivity index (χ0n) is 10.3. The van der Waals surface area contributed by atoms with E-state index in [1.807, 2.05) is 24.3 Å². The molecule has 102 valence electrons. The van der Waals surface area contributed by atoms with Crippen molar-refractivity contribution in [3.8, 4) is 0 Å². The molecule has 1 aromatic carbocycles. The summed E-state index contributed by atoms with van der Waals surface area (Å²) in [5, 5.41) is 0.